The molecule has 134 valence electrons. The fourth-order valence-electron chi connectivity index (χ4n) is 3.93. The number of benzene rings is 2. The molecule has 0 radical (unpaired) electrons. The van der Waals surface area contributed by atoms with E-state index in [1.165, 1.54) is 47.9 Å². The van der Waals surface area contributed by atoms with Gasteiger partial charge in [0.1, 0.15) is 0 Å². The van der Waals surface area contributed by atoms with Crippen LogP contribution in [0.25, 0.3) is 0 Å². The Morgan fingerprint density at radius 2 is 1.96 bits per heavy atom. The lowest BCUT2D eigenvalue weighted by Crippen LogP contribution is -2.20. The van der Waals surface area contributed by atoms with E-state index in [4.69, 9.17) is 10.5 Å². The first-order chi connectivity index (χ1) is 12.3. The van der Waals surface area contributed by atoms with Gasteiger partial charge in [-0.3, -0.25) is 0 Å². The molecule has 2 heteroatoms. The van der Waals surface area contributed by atoms with Crippen LogP contribution in [-0.4, -0.2) is 13.2 Å². The molecular weight excluding hydrogens is 306 g/mol. The van der Waals surface area contributed by atoms with Crippen LogP contribution in [-0.2, 0) is 24.2 Å². The van der Waals surface area contributed by atoms with Crippen molar-refractivity contribution in [2.24, 2.45) is 11.7 Å². The summed E-state index contributed by atoms with van der Waals surface area (Å²) in [6.45, 7) is 4.57. The third kappa shape index (κ3) is 4.93. The molecule has 1 aliphatic carbocycles. The van der Waals surface area contributed by atoms with Gasteiger partial charge in [-0.05, 0) is 66.3 Å². The van der Waals surface area contributed by atoms with Crippen LogP contribution >= 0.6 is 0 Å². The van der Waals surface area contributed by atoms with Gasteiger partial charge in [-0.15, -0.1) is 0 Å². The Morgan fingerprint density at radius 3 is 2.72 bits per heavy atom. The lowest BCUT2D eigenvalue weighted by Gasteiger charge is -2.26. The van der Waals surface area contributed by atoms with Gasteiger partial charge in [-0.2, -0.15) is 0 Å². The molecule has 2 nitrogen and oxygen atoms in total. The number of nitrogens with two attached hydrogens (primary N) is 1. The van der Waals surface area contributed by atoms with Crippen molar-refractivity contribution in [2.45, 2.75) is 51.6 Å². The Hall–Kier alpha value is -1.64. The molecule has 0 bridgehead atoms. The molecular formula is C23H31NO. The molecule has 1 aliphatic rings. The summed E-state index contributed by atoms with van der Waals surface area (Å²) >= 11 is 0. The third-order valence-corrected chi connectivity index (χ3v) is 5.42. The van der Waals surface area contributed by atoms with Crippen molar-refractivity contribution in [1.82, 2.24) is 0 Å². The van der Waals surface area contributed by atoms with Crippen LogP contribution in [0.5, 0.6) is 0 Å². The smallest absolute Gasteiger partial charge is 0.0717 e. The van der Waals surface area contributed by atoms with Crippen molar-refractivity contribution in [2.75, 3.05) is 13.2 Å². The van der Waals surface area contributed by atoms with E-state index in [1.807, 2.05) is 6.07 Å². The lowest BCUT2D eigenvalue weighted by molar-refractivity contribution is 0.0823. The van der Waals surface area contributed by atoms with Gasteiger partial charge in [0.25, 0.3) is 0 Å². The van der Waals surface area contributed by atoms with E-state index < -0.39 is 0 Å². The standard InChI is InChI=1S/C23H31NO/c1-2-6-23(15-24)22-12-11-20-13-19(9-10-21(20)14-22)17-25-16-18-7-4-3-5-8-18/h3-5,7-8,11-12,14,19,23H,2,6,9-10,13,15-17,24H2,1H3. The summed E-state index contributed by atoms with van der Waals surface area (Å²) in [5.41, 5.74) is 11.7. The van der Waals surface area contributed by atoms with Crippen molar-refractivity contribution in [3.05, 3.63) is 70.8 Å². The second kappa shape index (κ2) is 9.17. The van der Waals surface area contributed by atoms with E-state index in [9.17, 15) is 0 Å². The molecule has 0 aromatic heterocycles. The molecule has 0 amide bonds. The van der Waals surface area contributed by atoms with E-state index in [0.29, 0.717) is 11.8 Å². The highest BCUT2D eigenvalue weighted by Crippen LogP contribution is 2.30. The number of ether oxygens (including phenoxy) is 1. The Bertz CT molecular complexity index is 652. The number of hydrogen-bond donors (Lipinski definition) is 1. The molecule has 2 atom stereocenters. The highest BCUT2D eigenvalue weighted by molar-refractivity contribution is 5.36. The van der Waals surface area contributed by atoms with Gasteiger partial charge in [0.2, 0.25) is 0 Å². The minimum Gasteiger partial charge on any atom is -0.376 e. The lowest BCUT2D eigenvalue weighted by atomic mass is 9.82. The molecule has 2 N–H and O–H groups in total. The van der Waals surface area contributed by atoms with E-state index in [1.54, 1.807) is 0 Å². The first-order valence-electron chi connectivity index (χ1n) is 9.73. The normalized spacial score (nSPS) is 17.9. The SMILES string of the molecule is CCCC(CN)c1ccc2c(c1)CCC(COCc1ccccc1)C2. The number of aryl methyl sites for hydroxylation is 1. The van der Waals surface area contributed by atoms with E-state index in [2.05, 4.69) is 49.4 Å². The molecule has 2 aromatic rings. The first kappa shape index (κ1) is 18.2. The number of rotatable bonds is 8. The second-order valence-electron chi connectivity index (χ2n) is 7.36. The van der Waals surface area contributed by atoms with Crippen LogP contribution in [0.2, 0.25) is 0 Å². The summed E-state index contributed by atoms with van der Waals surface area (Å²) in [4.78, 5) is 0. The topological polar surface area (TPSA) is 35.2 Å². The molecule has 0 heterocycles. The monoisotopic (exact) mass is 337 g/mol. The minimum atomic E-state index is 0.516. The predicted octanol–water partition coefficient (Wildman–Crippen LogP) is 4.85. The zero-order valence-corrected chi connectivity index (χ0v) is 15.4. The van der Waals surface area contributed by atoms with Crippen molar-refractivity contribution in [1.29, 1.82) is 0 Å². The van der Waals surface area contributed by atoms with Crippen LogP contribution in [0.4, 0.5) is 0 Å². The Kier molecular flexibility index (Phi) is 6.66. The van der Waals surface area contributed by atoms with Crippen molar-refractivity contribution < 1.29 is 4.74 Å². The van der Waals surface area contributed by atoms with Crippen LogP contribution in [0.15, 0.2) is 48.5 Å². The molecule has 0 fully saturated rings. The van der Waals surface area contributed by atoms with Gasteiger partial charge in [-0.25, -0.2) is 0 Å². The summed E-state index contributed by atoms with van der Waals surface area (Å²) in [6.07, 6.45) is 5.93. The van der Waals surface area contributed by atoms with Crippen molar-refractivity contribution in [3.8, 4) is 0 Å². The summed E-state index contributed by atoms with van der Waals surface area (Å²) in [6, 6.07) is 17.5. The van der Waals surface area contributed by atoms with Crippen molar-refractivity contribution >= 4 is 0 Å². The van der Waals surface area contributed by atoms with Crippen LogP contribution in [0, 0.1) is 5.92 Å². The average molecular weight is 338 g/mol. The highest BCUT2D eigenvalue weighted by Gasteiger charge is 2.20. The summed E-state index contributed by atoms with van der Waals surface area (Å²) in [5, 5.41) is 0. The van der Waals surface area contributed by atoms with Crippen LogP contribution in [0.1, 0.15) is 54.4 Å². The maximum atomic E-state index is 5.98. The van der Waals surface area contributed by atoms with Crippen molar-refractivity contribution in [3.63, 3.8) is 0 Å². The van der Waals surface area contributed by atoms with Gasteiger partial charge in [0.15, 0.2) is 0 Å². The molecule has 2 aromatic carbocycles. The Labute approximate surface area is 152 Å². The zero-order valence-electron chi connectivity index (χ0n) is 15.4. The maximum absolute atomic E-state index is 5.98. The maximum Gasteiger partial charge on any atom is 0.0717 e. The first-order valence-corrected chi connectivity index (χ1v) is 9.73. The molecule has 0 aliphatic heterocycles. The van der Waals surface area contributed by atoms with E-state index in [0.717, 1.165) is 26.2 Å². The molecule has 3 rings (SSSR count). The largest absolute Gasteiger partial charge is 0.376 e. The Balaban J connectivity index is 1.54. The molecule has 2 unspecified atom stereocenters. The second-order valence-corrected chi connectivity index (χ2v) is 7.36. The van der Waals surface area contributed by atoms with Gasteiger partial charge >= 0.3 is 0 Å². The van der Waals surface area contributed by atoms with E-state index >= 15 is 0 Å². The molecule has 0 saturated heterocycles. The number of fused-ring (bicyclic) bond motifs is 1. The average Bonchev–Trinajstić information content (AvgIpc) is 2.66. The molecule has 0 saturated carbocycles. The summed E-state index contributed by atoms with van der Waals surface area (Å²) in [7, 11) is 0. The molecule has 0 spiro atoms. The van der Waals surface area contributed by atoms with Gasteiger partial charge in [0, 0.05) is 0 Å². The molecule has 25 heavy (non-hydrogen) atoms. The highest BCUT2D eigenvalue weighted by atomic mass is 16.5. The summed E-state index contributed by atoms with van der Waals surface area (Å²) < 4.78 is 5.97. The third-order valence-electron chi connectivity index (χ3n) is 5.42. The fraction of sp³-hybridized carbons (Fsp3) is 0.478. The minimum absolute atomic E-state index is 0.516. The number of hydrogen-bond acceptors (Lipinski definition) is 2. The quantitative estimate of drug-likeness (QED) is 0.747. The fourth-order valence-corrected chi connectivity index (χ4v) is 3.93. The van der Waals surface area contributed by atoms with Gasteiger partial charge in [-0.1, -0.05) is 61.9 Å². The zero-order chi connectivity index (χ0) is 17.5. The predicted molar refractivity (Wildman–Crippen MR) is 105 cm³/mol. The van der Waals surface area contributed by atoms with Gasteiger partial charge in [0.05, 0.1) is 13.2 Å². The van der Waals surface area contributed by atoms with Crippen LogP contribution in [0.3, 0.4) is 0 Å². The summed E-state index contributed by atoms with van der Waals surface area (Å²) in [5.74, 6) is 1.16. The van der Waals surface area contributed by atoms with Gasteiger partial charge < -0.3 is 10.5 Å². The van der Waals surface area contributed by atoms with E-state index in [-0.39, 0.29) is 0 Å². The Morgan fingerprint density at radius 1 is 1.12 bits per heavy atom. The van der Waals surface area contributed by atoms with Crippen LogP contribution < -0.4 is 5.73 Å².